The van der Waals surface area contributed by atoms with Crippen molar-refractivity contribution in [3.05, 3.63) is 82.6 Å². The first-order chi connectivity index (χ1) is 10.2. The van der Waals surface area contributed by atoms with E-state index in [-0.39, 0.29) is 0 Å². The van der Waals surface area contributed by atoms with E-state index < -0.39 is 22.0 Å². The molecule has 0 bridgehead atoms. The maximum Gasteiger partial charge on any atom is 0.129 e. The molecule has 2 aromatic carbocycles. The molecule has 2 rings (SSSR count). The highest BCUT2D eigenvalue weighted by molar-refractivity contribution is 8.01. The zero-order valence-corrected chi connectivity index (χ0v) is 12.8. The quantitative estimate of drug-likeness (QED) is 0.889. The lowest BCUT2D eigenvalue weighted by Crippen LogP contribution is -2.15. The molecule has 0 saturated carbocycles. The molecule has 2 aromatic rings. The Morgan fingerprint density at radius 1 is 0.667 bits per heavy atom. The first-order valence-electron chi connectivity index (χ1n) is 6.28. The Hall–Kier alpha value is -1.82. The first-order valence-corrected chi connectivity index (χ1v) is 8.70. The molecule has 0 fully saturated rings. The van der Waals surface area contributed by atoms with E-state index in [0.717, 1.165) is 11.1 Å². The third-order valence-electron chi connectivity index (χ3n) is 2.53. The van der Waals surface area contributed by atoms with Crippen LogP contribution in [-0.2, 0) is 22.0 Å². The Morgan fingerprint density at radius 3 is 1.43 bits per heavy atom. The van der Waals surface area contributed by atoms with E-state index in [2.05, 4.69) is 4.13 Å². The lowest BCUT2D eigenvalue weighted by Gasteiger charge is -1.96. The largest absolute Gasteiger partial charge is 0.237 e. The van der Waals surface area contributed by atoms with Crippen LogP contribution in [0.5, 0.6) is 0 Å². The van der Waals surface area contributed by atoms with Crippen molar-refractivity contribution in [2.75, 3.05) is 0 Å². The summed E-state index contributed by atoms with van der Waals surface area (Å²) < 4.78 is 25.9. The van der Waals surface area contributed by atoms with Gasteiger partial charge in [0.1, 0.15) is 22.0 Å². The summed E-state index contributed by atoms with van der Waals surface area (Å²) in [4.78, 5) is 0. The number of benzene rings is 2. The summed E-state index contributed by atoms with van der Waals surface area (Å²) in [5, 5.41) is 2.95. The van der Waals surface area contributed by atoms with Gasteiger partial charge in [0.25, 0.3) is 0 Å². The summed E-state index contributed by atoms with van der Waals surface area (Å²) in [6.45, 7) is 0. The van der Waals surface area contributed by atoms with Crippen molar-refractivity contribution >= 4 is 34.1 Å². The second-order valence-electron chi connectivity index (χ2n) is 4.11. The van der Waals surface area contributed by atoms with Crippen molar-refractivity contribution < 1.29 is 8.42 Å². The molecule has 0 aliphatic carbocycles. The van der Waals surface area contributed by atoms with Crippen LogP contribution in [-0.4, -0.2) is 8.42 Å². The van der Waals surface area contributed by atoms with E-state index >= 15 is 0 Å². The van der Waals surface area contributed by atoms with Crippen molar-refractivity contribution in [1.29, 1.82) is 0 Å². The zero-order chi connectivity index (χ0) is 14.9. The second kappa shape index (κ2) is 8.46. The van der Waals surface area contributed by atoms with E-state index in [1.807, 2.05) is 60.7 Å². The minimum atomic E-state index is -1.49. The van der Waals surface area contributed by atoms with Crippen LogP contribution in [0.2, 0.25) is 0 Å². The third kappa shape index (κ3) is 5.99. The van der Waals surface area contributed by atoms with Crippen molar-refractivity contribution in [3.63, 3.8) is 0 Å². The summed E-state index contributed by atoms with van der Waals surface area (Å²) in [7, 11) is -2.98. The van der Waals surface area contributed by atoms with Gasteiger partial charge in [-0.2, -0.15) is 0 Å². The van der Waals surface area contributed by atoms with Gasteiger partial charge in [-0.1, -0.05) is 60.7 Å². The Bertz CT molecular complexity index is 608. The second-order valence-corrected chi connectivity index (χ2v) is 6.51. The number of hydrogen-bond donors (Lipinski definition) is 1. The molecule has 5 heteroatoms. The lowest BCUT2D eigenvalue weighted by molar-refractivity contribution is 0.678. The Labute approximate surface area is 129 Å². The Balaban J connectivity index is 1.87. The van der Waals surface area contributed by atoms with Crippen LogP contribution in [0.4, 0.5) is 0 Å². The van der Waals surface area contributed by atoms with Gasteiger partial charge in [-0.3, -0.25) is 0 Å². The summed E-state index contributed by atoms with van der Waals surface area (Å²) in [6, 6.07) is 19.0. The average Bonchev–Trinajstić information content (AvgIpc) is 2.53. The minimum absolute atomic E-state index is 0.943. The smallest absolute Gasteiger partial charge is 0.129 e. The number of hydrogen-bond acceptors (Lipinski definition) is 2. The molecule has 0 aromatic heterocycles. The van der Waals surface area contributed by atoms with Crippen LogP contribution in [0.15, 0.2) is 71.5 Å². The van der Waals surface area contributed by atoms with Gasteiger partial charge in [0, 0.05) is 10.8 Å². The molecular formula is C16H15NO2S2. The standard InChI is InChI=1S/C16H15NO2S2/c18-20(13-11-15-7-3-1-4-8-15)17-21(19)14-12-16-9-5-2-6-10-16/h1-14,17H. The topological polar surface area (TPSA) is 46.2 Å². The van der Waals surface area contributed by atoms with Gasteiger partial charge in [-0.25, -0.2) is 8.42 Å². The van der Waals surface area contributed by atoms with Gasteiger partial charge in [-0.05, 0) is 23.3 Å². The molecule has 0 saturated heterocycles. The van der Waals surface area contributed by atoms with Crippen molar-refractivity contribution in [2.45, 2.75) is 0 Å². The van der Waals surface area contributed by atoms with Crippen molar-refractivity contribution in [3.8, 4) is 0 Å². The summed E-state index contributed by atoms with van der Waals surface area (Å²) in [6.07, 6.45) is 3.45. The molecule has 3 nitrogen and oxygen atoms in total. The normalized spacial score (nSPS) is 14.5. The minimum Gasteiger partial charge on any atom is -0.237 e. The first kappa shape index (κ1) is 15.6. The van der Waals surface area contributed by atoms with Crippen LogP contribution in [0.3, 0.4) is 0 Å². The van der Waals surface area contributed by atoms with Gasteiger partial charge >= 0.3 is 0 Å². The van der Waals surface area contributed by atoms with Gasteiger partial charge in [0.05, 0.1) is 0 Å². The molecule has 0 aliphatic rings. The SMILES string of the molecule is O=S(C=Cc1ccccc1)NS(=O)C=Cc1ccccc1. The van der Waals surface area contributed by atoms with Gasteiger partial charge < -0.3 is 0 Å². The molecule has 0 heterocycles. The van der Waals surface area contributed by atoms with E-state index in [1.165, 1.54) is 10.8 Å². The van der Waals surface area contributed by atoms with Crippen LogP contribution in [0.1, 0.15) is 11.1 Å². The van der Waals surface area contributed by atoms with E-state index in [1.54, 1.807) is 12.2 Å². The molecule has 0 radical (unpaired) electrons. The molecule has 1 N–H and O–H groups in total. The van der Waals surface area contributed by atoms with Crippen LogP contribution in [0.25, 0.3) is 12.2 Å². The number of nitrogens with one attached hydrogen (secondary N) is 1. The van der Waals surface area contributed by atoms with Gasteiger partial charge in [-0.15, -0.1) is 4.13 Å². The highest BCUT2D eigenvalue weighted by Crippen LogP contribution is 2.03. The summed E-state index contributed by atoms with van der Waals surface area (Å²) in [5.74, 6) is 0. The molecule has 0 amide bonds. The van der Waals surface area contributed by atoms with E-state index in [9.17, 15) is 8.42 Å². The van der Waals surface area contributed by atoms with Crippen molar-refractivity contribution in [2.24, 2.45) is 0 Å². The number of rotatable bonds is 6. The Morgan fingerprint density at radius 2 is 1.05 bits per heavy atom. The van der Waals surface area contributed by atoms with Crippen LogP contribution < -0.4 is 4.13 Å². The fraction of sp³-hybridized carbons (Fsp3) is 0. The summed E-state index contributed by atoms with van der Waals surface area (Å²) in [5.41, 5.74) is 1.89. The average molecular weight is 317 g/mol. The Kier molecular flexibility index (Phi) is 6.27. The molecule has 108 valence electrons. The van der Waals surface area contributed by atoms with Crippen LogP contribution in [0, 0.1) is 0 Å². The molecule has 0 spiro atoms. The monoisotopic (exact) mass is 317 g/mol. The lowest BCUT2D eigenvalue weighted by atomic mass is 10.2. The fourth-order valence-corrected chi connectivity index (χ4v) is 3.20. The maximum atomic E-state index is 11.7. The predicted molar refractivity (Wildman–Crippen MR) is 90.4 cm³/mol. The fourth-order valence-electron chi connectivity index (χ4n) is 1.55. The van der Waals surface area contributed by atoms with Crippen molar-refractivity contribution in [1.82, 2.24) is 4.13 Å². The molecule has 21 heavy (non-hydrogen) atoms. The van der Waals surface area contributed by atoms with Crippen LogP contribution >= 0.6 is 0 Å². The van der Waals surface area contributed by atoms with E-state index in [4.69, 9.17) is 0 Å². The predicted octanol–water partition coefficient (Wildman–Crippen LogP) is 3.25. The molecule has 0 aliphatic heterocycles. The zero-order valence-electron chi connectivity index (χ0n) is 11.2. The highest BCUT2D eigenvalue weighted by atomic mass is 32.3. The highest BCUT2D eigenvalue weighted by Gasteiger charge is 1.98. The molecule has 2 atom stereocenters. The molecule has 2 unspecified atom stereocenters. The van der Waals surface area contributed by atoms with Gasteiger partial charge in [0.2, 0.25) is 0 Å². The molecular weight excluding hydrogens is 302 g/mol. The third-order valence-corrected chi connectivity index (χ3v) is 4.61. The van der Waals surface area contributed by atoms with E-state index in [0.29, 0.717) is 0 Å². The summed E-state index contributed by atoms with van der Waals surface area (Å²) >= 11 is 0. The maximum absolute atomic E-state index is 11.7. The van der Waals surface area contributed by atoms with Gasteiger partial charge in [0.15, 0.2) is 0 Å².